The molecule has 1 fully saturated rings. The number of nitrogens with zero attached hydrogens (tertiary/aromatic N) is 1. The fraction of sp³-hybridized carbons (Fsp3) is 0.714. The van der Waals surface area contributed by atoms with Gasteiger partial charge in [0.2, 0.25) is 17.7 Å². The molecule has 0 aromatic heterocycles. The summed E-state index contributed by atoms with van der Waals surface area (Å²) < 4.78 is 0. The summed E-state index contributed by atoms with van der Waals surface area (Å²) in [4.78, 5) is 48.3. The van der Waals surface area contributed by atoms with Crippen molar-refractivity contribution in [2.45, 2.75) is 50.9 Å². The molecule has 6 N–H and O–H groups in total. The zero-order valence-electron chi connectivity index (χ0n) is 13.7. The third-order valence-corrected chi connectivity index (χ3v) is 3.78. The number of hydrogen-bond donors (Lipinski definition) is 5. The highest BCUT2D eigenvalue weighted by molar-refractivity contribution is 5.94. The highest BCUT2D eigenvalue weighted by Gasteiger charge is 2.38. The maximum absolute atomic E-state index is 12.5. The highest BCUT2D eigenvalue weighted by atomic mass is 16.4. The predicted molar refractivity (Wildman–Crippen MR) is 82.6 cm³/mol. The average Bonchev–Trinajstić information content (AvgIpc) is 3.00. The minimum atomic E-state index is -1.20. The zero-order chi connectivity index (χ0) is 18.4. The third-order valence-electron chi connectivity index (χ3n) is 3.78. The van der Waals surface area contributed by atoms with Gasteiger partial charge in [-0.05, 0) is 26.7 Å². The van der Waals surface area contributed by atoms with Crippen molar-refractivity contribution >= 4 is 23.7 Å². The number of amides is 3. The number of hydrogen-bond acceptors (Lipinski definition) is 6. The van der Waals surface area contributed by atoms with Crippen LogP contribution in [0.2, 0.25) is 0 Å². The molecule has 0 bridgehead atoms. The van der Waals surface area contributed by atoms with Crippen LogP contribution >= 0.6 is 0 Å². The average molecular weight is 344 g/mol. The van der Waals surface area contributed by atoms with Gasteiger partial charge in [-0.3, -0.25) is 19.2 Å². The van der Waals surface area contributed by atoms with Gasteiger partial charge in [-0.2, -0.15) is 0 Å². The number of likely N-dealkylation sites (tertiary alicyclic amines) is 1. The van der Waals surface area contributed by atoms with Crippen LogP contribution in [0.1, 0.15) is 26.7 Å². The molecule has 136 valence electrons. The molecule has 0 saturated carbocycles. The largest absolute Gasteiger partial charge is 0.480 e. The zero-order valence-corrected chi connectivity index (χ0v) is 13.7. The number of aliphatic hydroxyl groups is 1. The van der Waals surface area contributed by atoms with E-state index in [0.29, 0.717) is 12.8 Å². The summed E-state index contributed by atoms with van der Waals surface area (Å²) in [6, 6.07) is -3.96. The third kappa shape index (κ3) is 4.90. The van der Waals surface area contributed by atoms with Crippen molar-refractivity contribution in [2.24, 2.45) is 5.73 Å². The number of carboxylic acids is 1. The van der Waals surface area contributed by atoms with E-state index in [1.54, 1.807) is 0 Å². The molecule has 1 aliphatic rings. The first kappa shape index (κ1) is 19.8. The molecule has 4 atom stereocenters. The van der Waals surface area contributed by atoms with Crippen LogP contribution in [0.25, 0.3) is 0 Å². The van der Waals surface area contributed by atoms with Gasteiger partial charge in [-0.1, -0.05) is 0 Å². The monoisotopic (exact) mass is 344 g/mol. The smallest absolute Gasteiger partial charge is 0.325 e. The highest BCUT2D eigenvalue weighted by Crippen LogP contribution is 2.18. The van der Waals surface area contributed by atoms with Crippen LogP contribution in [0, 0.1) is 0 Å². The summed E-state index contributed by atoms with van der Waals surface area (Å²) in [5, 5.41) is 22.8. The van der Waals surface area contributed by atoms with Crippen LogP contribution < -0.4 is 16.4 Å². The minimum absolute atomic E-state index is 0.281. The van der Waals surface area contributed by atoms with Crippen LogP contribution in [0.15, 0.2) is 0 Å². The van der Waals surface area contributed by atoms with E-state index in [4.69, 9.17) is 10.8 Å². The number of nitrogens with two attached hydrogens (primary N) is 1. The summed E-state index contributed by atoms with van der Waals surface area (Å²) in [6.45, 7) is 2.41. The van der Waals surface area contributed by atoms with Gasteiger partial charge < -0.3 is 31.5 Å². The number of nitrogens with one attached hydrogen (secondary N) is 2. The lowest BCUT2D eigenvalue weighted by molar-refractivity contribution is -0.145. The maximum Gasteiger partial charge on any atom is 0.325 e. The number of carboxylic acid groups (broad SMARTS) is 1. The number of carbonyl (C=O) groups is 4. The van der Waals surface area contributed by atoms with Gasteiger partial charge in [0.05, 0.1) is 12.6 Å². The molecule has 3 amide bonds. The quantitative estimate of drug-likeness (QED) is 0.338. The van der Waals surface area contributed by atoms with Crippen molar-refractivity contribution in [2.75, 3.05) is 13.2 Å². The molecule has 1 rings (SSSR count). The van der Waals surface area contributed by atoms with Crippen molar-refractivity contribution in [1.29, 1.82) is 0 Å². The fourth-order valence-electron chi connectivity index (χ4n) is 2.36. The number of rotatable bonds is 7. The van der Waals surface area contributed by atoms with Crippen molar-refractivity contribution in [1.82, 2.24) is 15.5 Å². The Morgan fingerprint density at radius 2 is 1.88 bits per heavy atom. The Balaban J connectivity index is 2.78. The molecule has 1 saturated heterocycles. The molecule has 4 unspecified atom stereocenters. The van der Waals surface area contributed by atoms with E-state index < -0.39 is 54.5 Å². The molecule has 1 heterocycles. The van der Waals surface area contributed by atoms with Gasteiger partial charge in [-0.25, -0.2) is 0 Å². The Bertz CT molecular complexity index is 509. The van der Waals surface area contributed by atoms with Crippen molar-refractivity contribution in [3.63, 3.8) is 0 Å². The van der Waals surface area contributed by atoms with Gasteiger partial charge >= 0.3 is 5.97 Å². The fourth-order valence-corrected chi connectivity index (χ4v) is 2.36. The second-order valence-corrected chi connectivity index (χ2v) is 5.79. The van der Waals surface area contributed by atoms with E-state index in [9.17, 15) is 24.3 Å². The van der Waals surface area contributed by atoms with Crippen LogP contribution in [0.4, 0.5) is 0 Å². The minimum Gasteiger partial charge on any atom is -0.480 e. The van der Waals surface area contributed by atoms with E-state index in [-0.39, 0.29) is 6.54 Å². The maximum atomic E-state index is 12.5. The van der Waals surface area contributed by atoms with E-state index in [0.717, 1.165) is 0 Å². The van der Waals surface area contributed by atoms with Crippen LogP contribution in [-0.4, -0.2) is 76.1 Å². The van der Waals surface area contributed by atoms with E-state index in [1.165, 1.54) is 18.7 Å². The topological polar surface area (TPSA) is 162 Å². The molecular formula is C14H24N4O6. The van der Waals surface area contributed by atoms with Gasteiger partial charge in [0.25, 0.3) is 0 Å². The molecule has 0 aromatic carbocycles. The second-order valence-electron chi connectivity index (χ2n) is 5.79. The van der Waals surface area contributed by atoms with Crippen molar-refractivity contribution < 1.29 is 29.4 Å². The van der Waals surface area contributed by atoms with Crippen molar-refractivity contribution in [3.8, 4) is 0 Å². The molecule has 10 nitrogen and oxygen atoms in total. The molecule has 24 heavy (non-hydrogen) atoms. The Labute approximate surface area is 139 Å². The molecular weight excluding hydrogens is 320 g/mol. The summed E-state index contributed by atoms with van der Waals surface area (Å²) in [6.07, 6.45) is 0.938. The van der Waals surface area contributed by atoms with Gasteiger partial charge in [-0.15, -0.1) is 0 Å². The van der Waals surface area contributed by atoms with Crippen LogP contribution in [-0.2, 0) is 19.2 Å². The Morgan fingerprint density at radius 1 is 1.25 bits per heavy atom. The molecule has 0 radical (unpaired) electrons. The van der Waals surface area contributed by atoms with E-state index in [1.807, 2.05) is 0 Å². The second kappa shape index (κ2) is 8.60. The van der Waals surface area contributed by atoms with Gasteiger partial charge in [0, 0.05) is 6.54 Å². The molecule has 1 aliphatic heterocycles. The summed E-state index contributed by atoms with van der Waals surface area (Å²) in [5.74, 6) is -2.96. The first-order valence-electron chi connectivity index (χ1n) is 7.69. The number of aliphatic hydroxyl groups excluding tert-OH is 1. The Kier molecular flexibility index (Phi) is 7.11. The van der Waals surface area contributed by atoms with Gasteiger partial charge in [0.15, 0.2) is 0 Å². The summed E-state index contributed by atoms with van der Waals surface area (Å²) >= 11 is 0. The number of aliphatic carboxylic acids is 1. The van der Waals surface area contributed by atoms with E-state index >= 15 is 0 Å². The van der Waals surface area contributed by atoms with E-state index in [2.05, 4.69) is 10.6 Å². The standard InChI is InChI=1S/C14H24N4O6/c1-7(15)11(20)17-9(6-19)13(22)18-5-3-4-10(18)12(21)16-8(2)14(23)24/h7-10,19H,3-6,15H2,1-2H3,(H,16,21)(H,17,20)(H,23,24). The Hall–Kier alpha value is -2.20. The normalized spacial score (nSPS) is 20.8. The predicted octanol–water partition coefficient (Wildman–Crippen LogP) is -2.61. The summed E-state index contributed by atoms with van der Waals surface area (Å²) in [5.41, 5.74) is 5.41. The first-order valence-corrected chi connectivity index (χ1v) is 7.69. The number of carbonyl (C=O) groups excluding carboxylic acids is 3. The van der Waals surface area contributed by atoms with Crippen LogP contribution in [0.3, 0.4) is 0 Å². The molecule has 10 heteroatoms. The lowest BCUT2D eigenvalue weighted by atomic mass is 10.1. The van der Waals surface area contributed by atoms with Crippen LogP contribution in [0.5, 0.6) is 0 Å². The first-order chi connectivity index (χ1) is 11.2. The lowest BCUT2D eigenvalue weighted by Crippen LogP contribution is -2.57. The van der Waals surface area contributed by atoms with Gasteiger partial charge in [0.1, 0.15) is 18.1 Å². The molecule has 0 spiro atoms. The molecule has 0 aromatic rings. The lowest BCUT2D eigenvalue weighted by Gasteiger charge is -2.28. The molecule has 0 aliphatic carbocycles. The van der Waals surface area contributed by atoms with Crippen molar-refractivity contribution in [3.05, 3.63) is 0 Å². The summed E-state index contributed by atoms with van der Waals surface area (Å²) in [7, 11) is 0. The SMILES string of the molecule is CC(N)C(=O)NC(CO)C(=O)N1CCCC1C(=O)NC(C)C(=O)O. The Morgan fingerprint density at radius 3 is 2.38 bits per heavy atom.